The molecule has 0 saturated carbocycles. The van der Waals surface area contributed by atoms with Gasteiger partial charge in [0, 0.05) is 11.8 Å². The third kappa shape index (κ3) is 2.04. The maximum Gasteiger partial charge on any atom is 0.117 e. The van der Waals surface area contributed by atoms with E-state index in [0.717, 1.165) is 5.56 Å². The molecule has 2 N–H and O–H groups in total. The van der Waals surface area contributed by atoms with Crippen molar-refractivity contribution < 1.29 is 0 Å². The second-order valence-electron chi connectivity index (χ2n) is 3.17. The molecule has 0 amide bonds. The largest absolute Gasteiger partial charge is 0.323 e. The van der Waals surface area contributed by atoms with Crippen molar-refractivity contribution >= 4 is 17.3 Å². The van der Waals surface area contributed by atoms with Crippen molar-refractivity contribution in [3.63, 3.8) is 0 Å². The van der Waals surface area contributed by atoms with E-state index in [-0.39, 0.29) is 0 Å². The SMILES string of the molecule is N/N=C(/c1ccccn1)c1ccccc1Cl. The number of aromatic nitrogens is 1. The number of nitrogens with zero attached hydrogens (tertiary/aromatic N) is 2. The minimum absolute atomic E-state index is 0.589. The summed E-state index contributed by atoms with van der Waals surface area (Å²) in [6.07, 6.45) is 1.69. The molecular weight excluding hydrogens is 222 g/mol. The Morgan fingerprint density at radius 2 is 1.88 bits per heavy atom. The summed E-state index contributed by atoms with van der Waals surface area (Å²) >= 11 is 6.08. The number of halogens is 1. The minimum atomic E-state index is 0.589. The maximum atomic E-state index is 6.08. The highest BCUT2D eigenvalue weighted by atomic mass is 35.5. The lowest BCUT2D eigenvalue weighted by molar-refractivity contribution is 1.21. The van der Waals surface area contributed by atoms with Crippen molar-refractivity contribution in [2.24, 2.45) is 10.9 Å². The second kappa shape index (κ2) is 4.77. The van der Waals surface area contributed by atoms with Crippen LogP contribution in [-0.2, 0) is 0 Å². The fourth-order valence-electron chi connectivity index (χ4n) is 1.43. The molecule has 3 nitrogen and oxygen atoms in total. The van der Waals surface area contributed by atoms with Crippen molar-refractivity contribution in [1.82, 2.24) is 4.98 Å². The zero-order valence-electron chi connectivity index (χ0n) is 8.47. The van der Waals surface area contributed by atoms with Crippen LogP contribution in [0, 0.1) is 0 Å². The van der Waals surface area contributed by atoms with Gasteiger partial charge >= 0.3 is 0 Å². The van der Waals surface area contributed by atoms with E-state index in [9.17, 15) is 0 Å². The van der Waals surface area contributed by atoms with E-state index in [2.05, 4.69) is 10.1 Å². The first kappa shape index (κ1) is 10.6. The van der Waals surface area contributed by atoms with Crippen LogP contribution < -0.4 is 5.84 Å². The van der Waals surface area contributed by atoms with Gasteiger partial charge in [-0.3, -0.25) is 4.98 Å². The Balaban J connectivity index is 2.51. The van der Waals surface area contributed by atoms with E-state index < -0.39 is 0 Å². The molecule has 0 radical (unpaired) electrons. The first-order valence-electron chi connectivity index (χ1n) is 4.77. The van der Waals surface area contributed by atoms with E-state index >= 15 is 0 Å². The van der Waals surface area contributed by atoms with Crippen LogP contribution in [0.3, 0.4) is 0 Å². The number of pyridine rings is 1. The summed E-state index contributed by atoms with van der Waals surface area (Å²) in [4.78, 5) is 4.20. The normalized spacial score (nSPS) is 11.4. The lowest BCUT2D eigenvalue weighted by Gasteiger charge is -2.06. The van der Waals surface area contributed by atoms with Gasteiger partial charge in [0.1, 0.15) is 5.71 Å². The average molecular weight is 232 g/mol. The third-order valence-corrected chi connectivity index (χ3v) is 2.50. The Bertz CT molecular complexity index is 509. The number of hydrogen-bond acceptors (Lipinski definition) is 3. The number of hydrogen-bond donors (Lipinski definition) is 1. The highest BCUT2D eigenvalue weighted by Crippen LogP contribution is 2.18. The topological polar surface area (TPSA) is 51.3 Å². The molecule has 0 fully saturated rings. The van der Waals surface area contributed by atoms with Gasteiger partial charge in [-0.15, -0.1) is 0 Å². The quantitative estimate of drug-likeness (QED) is 0.490. The van der Waals surface area contributed by atoms with Crippen molar-refractivity contribution in [2.45, 2.75) is 0 Å². The third-order valence-electron chi connectivity index (χ3n) is 2.17. The lowest BCUT2D eigenvalue weighted by Crippen LogP contribution is -2.08. The van der Waals surface area contributed by atoms with E-state index in [4.69, 9.17) is 17.4 Å². The smallest absolute Gasteiger partial charge is 0.117 e. The Labute approximate surface area is 98.6 Å². The van der Waals surface area contributed by atoms with Crippen LogP contribution in [0.4, 0.5) is 0 Å². The highest BCUT2D eigenvalue weighted by molar-refractivity contribution is 6.35. The first-order valence-corrected chi connectivity index (χ1v) is 5.15. The fourth-order valence-corrected chi connectivity index (χ4v) is 1.65. The van der Waals surface area contributed by atoms with Gasteiger partial charge in [0.25, 0.3) is 0 Å². The fraction of sp³-hybridized carbons (Fsp3) is 0. The predicted octanol–water partition coefficient (Wildman–Crippen LogP) is 2.45. The molecule has 0 spiro atoms. The molecule has 0 saturated heterocycles. The molecule has 0 aliphatic heterocycles. The molecule has 0 bridgehead atoms. The molecule has 4 heteroatoms. The summed E-state index contributed by atoms with van der Waals surface area (Å²) in [7, 11) is 0. The van der Waals surface area contributed by atoms with Gasteiger partial charge in [-0.05, 0) is 18.2 Å². The Morgan fingerprint density at radius 3 is 2.50 bits per heavy atom. The molecule has 1 aromatic heterocycles. The summed E-state index contributed by atoms with van der Waals surface area (Å²) < 4.78 is 0. The minimum Gasteiger partial charge on any atom is -0.323 e. The average Bonchev–Trinajstić information content (AvgIpc) is 2.34. The van der Waals surface area contributed by atoms with E-state index in [1.54, 1.807) is 12.3 Å². The van der Waals surface area contributed by atoms with Crippen molar-refractivity contribution in [1.29, 1.82) is 0 Å². The van der Waals surface area contributed by atoms with Gasteiger partial charge in [-0.1, -0.05) is 35.9 Å². The van der Waals surface area contributed by atoms with Gasteiger partial charge < -0.3 is 5.84 Å². The van der Waals surface area contributed by atoms with Crippen LogP contribution in [0.1, 0.15) is 11.3 Å². The molecule has 0 unspecified atom stereocenters. The number of hydrazone groups is 1. The van der Waals surface area contributed by atoms with Crippen LogP contribution in [0.15, 0.2) is 53.8 Å². The maximum absolute atomic E-state index is 6.08. The molecule has 1 aromatic carbocycles. The van der Waals surface area contributed by atoms with Crippen molar-refractivity contribution in [3.05, 3.63) is 64.9 Å². The van der Waals surface area contributed by atoms with Crippen LogP contribution in [-0.4, -0.2) is 10.7 Å². The van der Waals surface area contributed by atoms with E-state index in [1.807, 2.05) is 36.4 Å². The lowest BCUT2D eigenvalue weighted by atomic mass is 10.1. The van der Waals surface area contributed by atoms with Gasteiger partial charge in [0.15, 0.2) is 0 Å². The molecule has 16 heavy (non-hydrogen) atoms. The summed E-state index contributed by atoms with van der Waals surface area (Å²) in [5.41, 5.74) is 2.08. The molecule has 2 rings (SSSR count). The van der Waals surface area contributed by atoms with Gasteiger partial charge in [0.05, 0.1) is 10.7 Å². The predicted molar refractivity (Wildman–Crippen MR) is 65.5 cm³/mol. The summed E-state index contributed by atoms with van der Waals surface area (Å²) in [6, 6.07) is 13.0. The molecular formula is C12H10ClN3. The van der Waals surface area contributed by atoms with Crippen LogP contribution >= 0.6 is 11.6 Å². The van der Waals surface area contributed by atoms with Crippen LogP contribution in [0.2, 0.25) is 5.02 Å². The summed E-state index contributed by atoms with van der Waals surface area (Å²) in [5, 5.41) is 4.37. The summed E-state index contributed by atoms with van der Waals surface area (Å²) in [6.45, 7) is 0. The standard InChI is InChI=1S/C12H10ClN3/c13-10-6-2-1-5-9(10)12(16-14)11-7-3-4-8-15-11/h1-8H,14H2/b16-12+. The number of nitrogens with two attached hydrogens (primary N) is 1. The monoisotopic (exact) mass is 231 g/mol. The molecule has 0 aliphatic rings. The number of rotatable bonds is 2. The molecule has 2 aromatic rings. The Morgan fingerprint density at radius 1 is 1.12 bits per heavy atom. The zero-order valence-corrected chi connectivity index (χ0v) is 9.22. The Hall–Kier alpha value is -1.87. The van der Waals surface area contributed by atoms with Crippen LogP contribution in [0.5, 0.6) is 0 Å². The second-order valence-corrected chi connectivity index (χ2v) is 3.58. The van der Waals surface area contributed by atoms with Gasteiger partial charge in [-0.25, -0.2) is 0 Å². The first-order chi connectivity index (χ1) is 7.83. The molecule has 1 heterocycles. The zero-order chi connectivity index (χ0) is 11.4. The molecule has 0 atom stereocenters. The van der Waals surface area contributed by atoms with Gasteiger partial charge in [0.2, 0.25) is 0 Å². The molecule has 0 aliphatic carbocycles. The van der Waals surface area contributed by atoms with Gasteiger partial charge in [-0.2, -0.15) is 5.10 Å². The highest BCUT2D eigenvalue weighted by Gasteiger charge is 2.10. The van der Waals surface area contributed by atoms with E-state index in [1.165, 1.54) is 0 Å². The summed E-state index contributed by atoms with van der Waals surface area (Å²) in [5.74, 6) is 5.40. The number of benzene rings is 1. The Kier molecular flexibility index (Phi) is 3.17. The van der Waals surface area contributed by atoms with Crippen molar-refractivity contribution in [2.75, 3.05) is 0 Å². The van der Waals surface area contributed by atoms with E-state index in [0.29, 0.717) is 16.4 Å². The van der Waals surface area contributed by atoms with Crippen molar-refractivity contribution in [3.8, 4) is 0 Å². The molecule has 80 valence electrons. The van der Waals surface area contributed by atoms with Crippen LogP contribution in [0.25, 0.3) is 0 Å².